The molecule has 0 aliphatic heterocycles. The highest BCUT2D eigenvalue weighted by Gasteiger charge is 2.27. The van der Waals surface area contributed by atoms with Crippen LogP contribution in [0.15, 0.2) is 66.7 Å². The fourth-order valence-corrected chi connectivity index (χ4v) is 4.48. The molecule has 1 aliphatic rings. The molecule has 3 aromatic rings. The van der Waals surface area contributed by atoms with Crippen molar-refractivity contribution in [1.29, 1.82) is 0 Å². The number of nitrogens with one attached hydrogen (secondary N) is 3. The van der Waals surface area contributed by atoms with Gasteiger partial charge in [0, 0.05) is 18.0 Å². The standard InChI is InChI=1S/C27H28FN3O3/c28-24-11-4-2-7-21(24)16-25(32)29-17-18-12-14-20(15-13-18)26(33)30-31-27(34)23-10-5-8-19-6-1-3-9-22(19)23/h1-11,18,20H,12-17H2,(H,29,32)(H,30,33)(H,31,34). The van der Waals surface area contributed by atoms with E-state index in [0.29, 0.717) is 30.5 Å². The zero-order chi connectivity index (χ0) is 23.9. The van der Waals surface area contributed by atoms with E-state index >= 15 is 0 Å². The van der Waals surface area contributed by atoms with E-state index in [4.69, 9.17) is 0 Å². The first-order valence-electron chi connectivity index (χ1n) is 11.6. The first kappa shape index (κ1) is 23.4. The van der Waals surface area contributed by atoms with Crippen molar-refractivity contribution >= 4 is 28.5 Å². The highest BCUT2D eigenvalue weighted by molar-refractivity contribution is 6.07. The average molecular weight is 462 g/mol. The van der Waals surface area contributed by atoms with E-state index in [9.17, 15) is 18.8 Å². The lowest BCUT2D eigenvalue weighted by Crippen LogP contribution is -2.45. The monoisotopic (exact) mass is 461 g/mol. The number of hydrogen-bond donors (Lipinski definition) is 3. The van der Waals surface area contributed by atoms with Crippen molar-refractivity contribution in [3.05, 3.63) is 83.7 Å². The maximum Gasteiger partial charge on any atom is 0.270 e. The topological polar surface area (TPSA) is 87.3 Å². The minimum atomic E-state index is -0.378. The van der Waals surface area contributed by atoms with Gasteiger partial charge in [-0.1, -0.05) is 54.6 Å². The Morgan fingerprint density at radius 1 is 0.824 bits per heavy atom. The van der Waals surface area contributed by atoms with Gasteiger partial charge < -0.3 is 5.32 Å². The molecule has 0 atom stereocenters. The lowest BCUT2D eigenvalue weighted by atomic mass is 9.81. The zero-order valence-corrected chi connectivity index (χ0v) is 18.9. The Kier molecular flexibility index (Phi) is 7.52. The Balaban J connectivity index is 1.20. The van der Waals surface area contributed by atoms with Crippen LogP contribution in [0.3, 0.4) is 0 Å². The van der Waals surface area contributed by atoms with Crippen LogP contribution in [0.2, 0.25) is 0 Å². The fraction of sp³-hybridized carbons (Fsp3) is 0.296. The lowest BCUT2D eigenvalue weighted by molar-refractivity contribution is -0.127. The van der Waals surface area contributed by atoms with Gasteiger partial charge in [-0.05, 0) is 60.1 Å². The van der Waals surface area contributed by atoms with E-state index in [1.54, 1.807) is 24.3 Å². The Morgan fingerprint density at radius 3 is 2.32 bits per heavy atom. The molecule has 3 N–H and O–H groups in total. The summed E-state index contributed by atoms with van der Waals surface area (Å²) in [7, 11) is 0. The molecule has 1 aliphatic carbocycles. The number of hydrogen-bond acceptors (Lipinski definition) is 3. The predicted octanol–water partition coefficient (Wildman–Crippen LogP) is 3.91. The van der Waals surface area contributed by atoms with Crippen LogP contribution in [-0.4, -0.2) is 24.3 Å². The Morgan fingerprint density at radius 2 is 1.53 bits per heavy atom. The molecule has 176 valence electrons. The number of benzene rings is 3. The van der Waals surface area contributed by atoms with E-state index in [0.717, 1.165) is 23.6 Å². The van der Waals surface area contributed by atoms with Crippen LogP contribution >= 0.6 is 0 Å². The van der Waals surface area contributed by atoms with Crippen molar-refractivity contribution in [2.45, 2.75) is 32.1 Å². The van der Waals surface area contributed by atoms with E-state index < -0.39 is 0 Å². The van der Waals surface area contributed by atoms with Gasteiger partial charge in [0.25, 0.3) is 5.91 Å². The lowest BCUT2D eigenvalue weighted by Gasteiger charge is -2.28. The molecule has 0 radical (unpaired) electrons. The molecule has 0 heterocycles. The average Bonchev–Trinajstić information content (AvgIpc) is 2.87. The molecule has 0 unspecified atom stereocenters. The van der Waals surface area contributed by atoms with Gasteiger partial charge in [-0.25, -0.2) is 4.39 Å². The summed E-state index contributed by atoms with van der Waals surface area (Å²) in [6.07, 6.45) is 2.99. The number of halogens is 1. The maximum absolute atomic E-state index is 13.7. The fourth-order valence-electron chi connectivity index (χ4n) is 4.48. The van der Waals surface area contributed by atoms with Crippen molar-refractivity contribution in [3.63, 3.8) is 0 Å². The molecule has 0 bridgehead atoms. The third-order valence-electron chi connectivity index (χ3n) is 6.45. The van der Waals surface area contributed by atoms with E-state index in [-0.39, 0.29) is 41.8 Å². The SMILES string of the molecule is O=C(Cc1ccccc1F)NCC1CCC(C(=O)NNC(=O)c2cccc3ccccc23)CC1. The van der Waals surface area contributed by atoms with Crippen molar-refractivity contribution < 1.29 is 18.8 Å². The number of hydrazine groups is 1. The van der Waals surface area contributed by atoms with Gasteiger partial charge in [-0.3, -0.25) is 25.2 Å². The molecule has 1 fully saturated rings. The van der Waals surface area contributed by atoms with E-state index in [1.165, 1.54) is 6.07 Å². The summed E-state index contributed by atoms with van der Waals surface area (Å²) in [6, 6.07) is 19.3. The van der Waals surface area contributed by atoms with Crippen molar-refractivity contribution in [3.8, 4) is 0 Å². The minimum Gasteiger partial charge on any atom is -0.356 e. The third-order valence-corrected chi connectivity index (χ3v) is 6.45. The third kappa shape index (κ3) is 5.78. The summed E-state index contributed by atoms with van der Waals surface area (Å²) in [5.74, 6) is -1.04. The summed E-state index contributed by atoms with van der Waals surface area (Å²) < 4.78 is 13.7. The van der Waals surface area contributed by atoms with Crippen LogP contribution in [0.1, 0.15) is 41.6 Å². The summed E-state index contributed by atoms with van der Waals surface area (Å²) in [4.78, 5) is 37.3. The van der Waals surface area contributed by atoms with Crippen LogP contribution in [0.25, 0.3) is 10.8 Å². The molecule has 7 heteroatoms. The van der Waals surface area contributed by atoms with Gasteiger partial charge in [-0.15, -0.1) is 0 Å². The molecule has 3 amide bonds. The predicted molar refractivity (Wildman–Crippen MR) is 128 cm³/mol. The minimum absolute atomic E-state index is 0.0147. The molecule has 0 saturated heterocycles. The second-order valence-electron chi connectivity index (χ2n) is 8.76. The number of carbonyl (C=O) groups is 3. The van der Waals surface area contributed by atoms with Crippen molar-refractivity contribution in [2.75, 3.05) is 6.54 Å². The number of amides is 3. The Bertz CT molecular complexity index is 1180. The molecule has 0 aromatic heterocycles. The second-order valence-corrected chi connectivity index (χ2v) is 8.76. The first-order chi connectivity index (χ1) is 16.5. The Hall–Kier alpha value is -3.74. The number of fused-ring (bicyclic) bond motifs is 1. The summed E-state index contributed by atoms with van der Waals surface area (Å²) in [5.41, 5.74) is 6.00. The number of rotatable bonds is 6. The molecule has 1 saturated carbocycles. The van der Waals surface area contributed by atoms with Gasteiger partial charge in [0.05, 0.1) is 6.42 Å². The quantitative estimate of drug-likeness (QED) is 0.487. The van der Waals surface area contributed by atoms with Crippen LogP contribution in [-0.2, 0) is 16.0 Å². The number of carbonyl (C=O) groups excluding carboxylic acids is 3. The van der Waals surface area contributed by atoms with Crippen molar-refractivity contribution in [2.24, 2.45) is 11.8 Å². The van der Waals surface area contributed by atoms with Crippen LogP contribution in [0.5, 0.6) is 0 Å². The van der Waals surface area contributed by atoms with Crippen molar-refractivity contribution in [1.82, 2.24) is 16.2 Å². The van der Waals surface area contributed by atoms with Crippen LogP contribution in [0, 0.1) is 17.7 Å². The summed E-state index contributed by atoms with van der Waals surface area (Å²) >= 11 is 0. The summed E-state index contributed by atoms with van der Waals surface area (Å²) in [6.45, 7) is 0.513. The molecule has 0 spiro atoms. The van der Waals surface area contributed by atoms with E-state index in [2.05, 4.69) is 16.2 Å². The largest absolute Gasteiger partial charge is 0.356 e. The van der Waals surface area contributed by atoms with Crippen LogP contribution in [0.4, 0.5) is 4.39 Å². The zero-order valence-electron chi connectivity index (χ0n) is 18.9. The van der Waals surface area contributed by atoms with Gasteiger partial charge >= 0.3 is 0 Å². The second kappa shape index (κ2) is 10.9. The van der Waals surface area contributed by atoms with Gasteiger partial charge in [-0.2, -0.15) is 0 Å². The normalized spacial score (nSPS) is 17.7. The molecule has 3 aromatic carbocycles. The molecule has 34 heavy (non-hydrogen) atoms. The first-order valence-corrected chi connectivity index (χ1v) is 11.6. The van der Waals surface area contributed by atoms with Gasteiger partial charge in [0.2, 0.25) is 11.8 Å². The maximum atomic E-state index is 13.7. The molecular weight excluding hydrogens is 433 g/mol. The highest BCUT2D eigenvalue weighted by Crippen LogP contribution is 2.28. The Labute approximate surface area is 197 Å². The highest BCUT2D eigenvalue weighted by atomic mass is 19.1. The van der Waals surface area contributed by atoms with E-state index in [1.807, 2.05) is 36.4 Å². The smallest absolute Gasteiger partial charge is 0.270 e. The van der Waals surface area contributed by atoms with Gasteiger partial charge in [0.1, 0.15) is 5.82 Å². The molecule has 6 nitrogen and oxygen atoms in total. The molecule has 4 rings (SSSR count). The summed E-state index contributed by atoms with van der Waals surface area (Å²) in [5, 5.41) is 4.67. The van der Waals surface area contributed by atoms with Gasteiger partial charge in [0.15, 0.2) is 0 Å². The van der Waals surface area contributed by atoms with Crippen LogP contribution < -0.4 is 16.2 Å². The molecular formula is C27H28FN3O3.